The predicted octanol–water partition coefficient (Wildman–Crippen LogP) is 3.70. The van der Waals surface area contributed by atoms with Crippen molar-refractivity contribution in [3.63, 3.8) is 0 Å². The van der Waals surface area contributed by atoms with Gasteiger partial charge >= 0.3 is 0 Å². The van der Waals surface area contributed by atoms with Gasteiger partial charge in [0.2, 0.25) is 11.8 Å². The van der Waals surface area contributed by atoms with Crippen molar-refractivity contribution in [2.24, 2.45) is 5.92 Å². The van der Waals surface area contributed by atoms with Crippen molar-refractivity contribution in [1.29, 1.82) is 0 Å². The average molecular weight is 337 g/mol. The molecule has 20 heavy (non-hydrogen) atoms. The van der Waals surface area contributed by atoms with Gasteiger partial charge in [0.25, 0.3) is 0 Å². The van der Waals surface area contributed by atoms with Crippen LogP contribution < -0.4 is 10.6 Å². The van der Waals surface area contributed by atoms with Gasteiger partial charge in [-0.15, -0.1) is 0 Å². The highest BCUT2D eigenvalue weighted by Gasteiger charge is 2.23. The van der Waals surface area contributed by atoms with E-state index < -0.39 is 0 Å². The van der Waals surface area contributed by atoms with Crippen LogP contribution in [0.1, 0.15) is 26.7 Å². The van der Waals surface area contributed by atoms with Crippen LogP contribution >= 0.6 is 15.9 Å². The van der Waals surface area contributed by atoms with Crippen LogP contribution in [0.15, 0.2) is 34.3 Å². The van der Waals surface area contributed by atoms with Gasteiger partial charge < -0.3 is 10.6 Å². The zero-order valence-corrected chi connectivity index (χ0v) is 13.1. The van der Waals surface area contributed by atoms with Crippen molar-refractivity contribution >= 4 is 39.1 Å². The number of carbonyl (C=O) groups is 2. The van der Waals surface area contributed by atoms with Gasteiger partial charge in [0.05, 0.1) is 11.4 Å². The van der Waals surface area contributed by atoms with Gasteiger partial charge in [-0.3, -0.25) is 9.59 Å². The maximum Gasteiger partial charge on any atom is 0.248 e. The minimum absolute atomic E-state index is 0.167. The van der Waals surface area contributed by atoms with Crippen molar-refractivity contribution in [2.45, 2.75) is 26.7 Å². The van der Waals surface area contributed by atoms with Gasteiger partial charge in [-0.25, -0.2) is 0 Å². The largest absolute Gasteiger partial charge is 0.325 e. The molecule has 0 radical (unpaired) electrons. The molecule has 2 rings (SSSR count). The van der Waals surface area contributed by atoms with Gasteiger partial charge in [-0.1, -0.05) is 21.5 Å². The Hall–Kier alpha value is -1.62. The van der Waals surface area contributed by atoms with E-state index in [1.54, 1.807) is 18.2 Å². The molecule has 0 heterocycles. The van der Waals surface area contributed by atoms with Crippen LogP contribution in [0.5, 0.6) is 0 Å². The second-order valence-electron chi connectivity index (χ2n) is 5.02. The van der Waals surface area contributed by atoms with Crippen LogP contribution in [0.3, 0.4) is 0 Å². The molecular formula is C15H17BrN2O2. The Labute approximate surface area is 126 Å². The van der Waals surface area contributed by atoms with E-state index in [4.69, 9.17) is 0 Å². The standard InChI is InChI=1S/C15H17BrN2O2/c1-9(11-3-4-11)7-15(20)18-14-8-12(16)5-6-13(14)17-10(2)19/h5-8,11H,3-4H2,1-2H3,(H,17,19)(H,18,20)/b9-7+. The number of halogens is 1. The molecule has 0 saturated heterocycles. The zero-order chi connectivity index (χ0) is 14.7. The van der Waals surface area contributed by atoms with Crippen LogP contribution in [0.4, 0.5) is 11.4 Å². The van der Waals surface area contributed by atoms with E-state index in [1.807, 2.05) is 13.0 Å². The fourth-order valence-electron chi connectivity index (χ4n) is 1.95. The van der Waals surface area contributed by atoms with Crippen molar-refractivity contribution < 1.29 is 9.59 Å². The Kier molecular flexibility index (Phi) is 4.60. The van der Waals surface area contributed by atoms with Crippen molar-refractivity contribution in [3.05, 3.63) is 34.3 Å². The highest BCUT2D eigenvalue weighted by Crippen LogP contribution is 2.36. The molecule has 1 aromatic carbocycles. The third-order valence-electron chi connectivity index (χ3n) is 3.13. The number of benzene rings is 1. The third kappa shape index (κ3) is 4.20. The van der Waals surface area contributed by atoms with Crippen LogP contribution in [-0.2, 0) is 9.59 Å². The number of allylic oxidation sites excluding steroid dienone is 1. The van der Waals surface area contributed by atoms with Gasteiger partial charge in [0.15, 0.2) is 0 Å². The van der Waals surface area contributed by atoms with Gasteiger partial charge in [0.1, 0.15) is 0 Å². The molecule has 0 unspecified atom stereocenters. The van der Waals surface area contributed by atoms with E-state index in [1.165, 1.54) is 19.8 Å². The molecule has 1 saturated carbocycles. The molecule has 0 aromatic heterocycles. The number of amides is 2. The van der Waals surface area contributed by atoms with Gasteiger partial charge in [0, 0.05) is 17.5 Å². The molecule has 1 aliphatic carbocycles. The normalized spacial score (nSPS) is 14.8. The Balaban J connectivity index is 2.14. The molecule has 0 atom stereocenters. The third-order valence-corrected chi connectivity index (χ3v) is 3.62. The lowest BCUT2D eigenvalue weighted by Crippen LogP contribution is -2.13. The topological polar surface area (TPSA) is 58.2 Å². The molecule has 4 nitrogen and oxygen atoms in total. The second-order valence-corrected chi connectivity index (χ2v) is 5.94. The fraction of sp³-hybridized carbons (Fsp3) is 0.333. The molecule has 0 spiro atoms. The maximum absolute atomic E-state index is 12.0. The van der Waals surface area contributed by atoms with E-state index >= 15 is 0 Å². The van der Waals surface area contributed by atoms with E-state index in [9.17, 15) is 9.59 Å². The highest BCUT2D eigenvalue weighted by atomic mass is 79.9. The summed E-state index contributed by atoms with van der Waals surface area (Å²) in [5.74, 6) is 0.227. The summed E-state index contributed by atoms with van der Waals surface area (Å²) in [4.78, 5) is 23.2. The summed E-state index contributed by atoms with van der Waals surface area (Å²) in [7, 11) is 0. The number of hydrogen-bond acceptors (Lipinski definition) is 2. The molecule has 1 fully saturated rings. The predicted molar refractivity (Wildman–Crippen MR) is 83.6 cm³/mol. The van der Waals surface area contributed by atoms with Crippen LogP contribution in [0, 0.1) is 5.92 Å². The summed E-state index contributed by atoms with van der Waals surface area (Å²) in [5, 5.41) is 5.51. The summed E-state index contributed by atoms with van der Waals surface area (Å²) in [6.07, 6.45) is 3.98. The minimum Gasteiger partial charge on any atom is -0.325 e. The minimum atomic E-state index is -0.174. The number of carbonyl (C=O) groups excluding carboxylic acids is 2. The van der Waals surface area contributed by atoms with E-state index in [2.05, 4.69) is 26.6 Å². The first-order chi connectivity index (χ1) is 9.45. The zero-order valence-electron chi connectivity index (χ0n) is 11.5. The lowest BCUT2D eigenvalue weighted by atomic mass is 10.2. The van der Waals surface area contributed by atoms with Crippen LogP contribution in [-0.4, -0.2) is 11.8 Å². The monoisotopic (exact) mass is 336 g/mol. The highest BCUT2D eigenvalue weighted by molar-refractivity contribution is 9.10. The number of hydrogen-bond donors (Lipinski definition) is 2. The first kappa shape index (κ1) is 14.8. The molecule has 1 aliphatic rings. The molecule has 106 valence electrons. The Morgan fingerprint density at radius 2 is 1.90 bits per heavy atom. The Morgan fingerprint density at radius 1 is 1.20 bits per heavy atom. The summed E-state index contributed by atoms with van der Waals surface area (Å²) in [5.41, 5.74) is 2.28. The molecule has 2 N–H and O–H groups in total. The molecule has 5 heteroatoms. The Bertz CT molecular complexity index is 577. The van der Waals surface area contributed by atoms with Crippen LogP contribution in [0.25, 0.3) is 0 Å². The van der Waals surface area contributed by atoms with E-state index in [0.717, 1.165) is 10.0 Å². The quantitative estimate of drug-likeness (QED) is 0.823. The number of nitrogens with one attached hydrogen (secondary N) is 2. The first-order valence-electron chi connectivity index (χ1n) is 6.52. The maximum atomic E-state index is 12.0. The lowest BCUT2D eigenvalue weighted by molar-refractivity contribution is -0.114. The Morgan fingerprint density at radius 3 is 2.50 bits per heavy atom. The summed E-state index contributed by atoms with van der Waals surface area (Å²) < 4.78 is 0.838. The van der Waals surface area contributed by atoms with Gasteiger partial charge in [-0.2, -0.15) is 0 Å². The first-order valence-corrected chi connectivity index (χ1v) is 7.31. The molecule has 0 bridgehead atoms. The summed E-state index contributed by atoms with van der Waals surface area (Å²) >= 11 is 3.36. The van der Waals surface area contributed by atoms with Crippen molar-refractivity contribution in [1.82, 2.24) is 0 Å². The number of anilines is 2. The van der Waals surface area contributed by atoms with E-state index in [0.29, 0.717) is 17.3 Å². The summed E-state index contributed by atoms with van der Waals surface area (Å²) in [6, 6.07) is 5.33. The lowest BCUT2D eigenvalue weighted by Gasteiger charge is -2.11. The second kappa shape index (κ2) is 6.22. The van der Waals surface area contributed by atoms with Gasteiger partial charge in [-0.05, 0) is 43.9 Å². The average Bonchev–Trinajstić information content (AvgIpc) is 3.16. The smallest absolute Gasteiger partial charge is 0.248 e. The fourth-order valence-corrected chi connectivity index (χ4v) is 2.31. The van der Waals surface area contributed by atoms with E-state index in [-0.39, 0.29) is 11.8 Å². The molecule has 1 aromatic rings. The summed E-state index contributed by atoms with van der Waals surface area (Å²) in [6.45, 7) is 3.41. The SMILES string of the molecule is CC(=O)Nc1ccc(Br)cc1NC(=O)/C=C(\C)C1CC1. The molecule has 0 aliphatic heterocycles. The molecular weight excluding hydrogens is 320 g/mol. The van der Waals surface area contributed by atoms with Crippen molar-refractivity contribution in [2.75, 3.05) is 10.6 Å². The molecule has 2 amide bonds. The number of rotatable bonds is 4. The van der Waals surface area contributed by atoms with Crippen molar-refractivity contribution in [3.8, 4) is 0 Å². The van der Waals surface area contributed by atoms with Crippen LogP contribution in [0.2, 0.25) is 0 Å².